The molecule has 9 nitrogen and oxygen atoms in total. The number of sulfonamides is 1. The molecule has 1 N–H and O–H groups in total. The van der Waals surface area contributed by atoms with Gasteiger partial charge in [-0.15, -0.1) is 0 Å². The molecule has 0 atom stereocenters. The quantitative estimate of drug-likeness (QED) is 0.109. The predicted molar refractivity (Wildman–Crippen MR) is 111 cm³/mol. The highest BCUT2D eigenvalue weighted by Gasteiger charge is 2.36. The summed E-state index contributed by atoms with van der Waals surface area (Å²) in [6.45, 7) is 4.47. The summed E-state index contributed by atoms with van der Waals surface area (Å²) in [4.78, 5) is 2.24. The minimum atomic E-state index is -6.09. The maximum atomic E-state index is 12.9. The zero-order chi connectivity index (χ0) is 25.4. The fraction of sp³-hybridized carbons (Fsp3) is 0.444. The molecule has 0 aliphatic heterocycles. The van der Waals surface area contributed by atoms with Crippen molar-refractivity contribution in [2.24, 2.45) is 12.1 Å². The second kappa shape index (κ2) is 11.6. The molecule has 0 unspecified atom stereocenters. The lowest BCUT2D eigenvalue weighted by atomic mass is 10.1. The van der Waals surface area contributed by atoms with E-state index in [0.29, 0.717) is 17.7 Å². The Morgan fingerprint density at radius 1 is 1.15 bits per heavy atom. The zero-order valence-electron chi connectivity index (χ0n) is 18.0. The van der Waals surface area contributed by atoms with Gasteiger partial charge in [-0.25, -0.2) is 35.2 Å². The third-order valence-electron chi connectivity index (χ3n) is 4.36. The molecular formula is C18H24F4N4O5S2. The Bertz CT molecular complexity index is 1160. The van der Waals surface area contributed by atoms with Crippen LogP contribution in [0, 0.1) is 12.7 Å². The van der Waals surface area contributed by atoms with E-state index in [1.807, 2.05) is 30.9 Å². The zero-order valence-corrected chi connectivity index (χ0v) is 19.6. The molecule has 15 heteroatoms. The van der Waals surface area contributed by atoms with Gasteiger partial charge in [0.1, 0.15) is 18.2 Å². The Labute approximate surface area is 189 Å². The molecule has 1 aromatic heterocycles. The number of aryl methyl sites for hydroxylation is 2. The molecule has 0 fully saturated rings. The average Bonchev–Trinajstić information content (AvgIpc) is 3.01. The monoisotopic (exact) mass is 516 g/mol. The highest BCUT2D eigenvalue weighted by atomic mass is 32.2. The van der Waals surface area contributed by atoms with E-state index in [-0.39, 0.29) is 11.6 Å². The van der Waals surface area contributed by atoms with Crippen molar-refractivity contribution in [2.75, 3.05) is 5.75 Å². The van der Waals surface area contributed by atoms with E-state index in [1.54, 1.807) is 19.1 Å². The van der Waals surface area contributed by atoms with Crippen molar-refractivity contribution in [1.82, 2.24) is 9.40 Å². The van der Waals surface area contributed by atoms with Crippen LogP contribution in [0.4, 0.5) is 17.6 Å². The number of hydrogen-bond acceptors (Lipinski definition) is 6. The highest BCUT2D eigenvalue weighted by molar-refractivity contribution is 7.89. The maximum absolute atomic E-state index is 12.9. The number of imidazole rings is 1. The van der Waals surface area contributed by atoms with Gasteiger partial charge in [0, 0.05) is 6.92 Å². The summed E-state index contributed by atoms with van der Waals surface area (Å²) in [7, 11) is -7.59. The van der Waals surface area contributed by atoms with Crippen LogP contribution in [0.3, 0.4) is 0 Å². The topological polar surface area (TPSA) is 125 Å². The summed E-state index contributed by atoms with van der Waals surface area (Å²) in [5.41, 5.74) is -4.49. The molecule has 0 bridgehead atoms. The molecule has 0 amide bonds. The minimum Gasteiger partial charge on any atom is -0.741 e. The second-order valence-electron chi connectivity index (χ2n) is 6.87. The summed E-state index contributed by atoms with van der Waals surface area (Å²) >= 11 is 0. The number of alkyl halides is 3. The first kappa shape index (κ1) is 28.5. The van der Waals surface area contributed by atoms with Crippen molar-refractivity contribution in [2.45, 2.75) is 38.7 Å². The number of benzene rings is 1. The first-order valence-electron chi connectivity index (χ1n) is 9.37. The van der Waals surface area contributed by atoms with Crippen molar-refractivity contribution >= 4 is 25.9 Å². The minimum absolute atomic E-state index is 0.0135. The Kier molecular flexibility index (Phi) is 9.99. The Balaban J connectivity index is 0.000000582. The van der Waals surface area contributed by atoms with E-state index in [0.717, 1.165) is 18.8 Å². The molecule has 0 saturated heterocycles. The normalized spacial score (nSPS) is 12.8. The molecule has 0 saturated carbocycles. The maximum Gasteiger partial charge on any atom is 0.485 e. The summed E-state index contributed by atoms with van der Waals surface area (Å²) in [5, 5.41) is 3.90. The Morgan fingerprint density at radius 3 is 2.15 bits per heavy atom. The summed E-state index contributed by atoms with van der Waals surface area (Å²) in [6, 6.07) is 5.74. The summed E-state index contributed by atoms with van der Waals surface area (Å²) in [6.07, 6.45) is 5.26. The predicted octanol–water partition coefficient (Wildman–Crippen LogP) is 1.94. The molecule has 2 rings (SSSR count). The van der Waals surface area contributed by atoms with E-state index in [4.69, 9.17) is 13.0 Å². The van der Waals surface area contributed by atoms with Crippen LogP contribution in [0.15, 0.2) is 41.8 Å². The van der Waals surface area contributed by atoms with Crippen molar-refractivity contribution in [3.63, 3.8) is 0 Å². The van der Waals surface area contributed by atoms with E-state index in [1.165, 1.54) is 12.1 Å². The van der Waals surface area contributed by atoms with Crippen molar-refractivity contribution < 1.29 is 43.5 Å². The van der Waals surface area contributed by atoms with Crippen LogP contribution in [-0.2, 0) is 33.7 Å². The van der Waals surface area contributed by atoms with Crippen LogP contribution in [0.5, 0.6) is 0 Å². The fourth-order valence-corrected chi connectivity index (χ4v) is 3.30. The summed E-state index contributed by atoms with van der Waals surface area (Å²) in [5.74, 6) is 0.795. The van der Waals surface area contributed by atoms with E-state index in [2.05, 4.69) is 14.5 Å². The number of halogens is 4. The fourth-order valence-electron chi connectivity index (χ4n) is 2.35. The van der Waals surface area contributed by atoms with Crippen LogP contribution in [-0.4, -0.2) is 42.9 Å². The molecule has 0 radical (unpaired) electrons. The Morgan fingerprint density at radius 2 is 1.70 bits per heavy atom. The number of hydrazone groups is 1. The highest BCUT2D eigenvalue weighted by Crippen LogP contribution is 2.20. The molecule has 33 heavy (non-hydrogen) atoms. The molecule has 2 aromatic rings. The largest absolute Gasteiger partial charge is 0.741 e. The van der Waals surface area contributed by atoms with Gasteiger partial charge in [-0.1, -0.05) is 12.1 Å². The molecule has 0 aliphatic rings. The molecule has 186 valence electrons. The van der Waals surface area contributed by atoms with Gasteiger partial charge in [0.05, 0.1) is 25.1 Å². The van der Waals surface area contributed by atoms with Gasteiger partial charge < -0.3 is 4.55 Å². The molecule has 0 spiro atoms. The number of hydrogen-bond donors (Lipinski definition) is 1. The first-order chi connectivity index (χ1) is 15.0. The SMILES string of the molecule is C/C(=N/NS(=O)(=O)CCCCn1cc[n+](C)c1C)c1ccc(F)cc1.O=S(=O)([O-])C(F)(F)F. The lowest BCUT2D eigenvalue weighted by Crippen LogP contribution is -2.29. The molecule has 0 aliphatic carbocycles. The van der Waals surface area contributed by atoms with Gasteiger partial charge in [-0.05, 0) is 37.5 Å². The van der Waals surface area contributed by atoms with Gasteiger partial charge in [0.2, 0.25) is 10.0 Å². The molecule has 1 aromatic carbocycles. The smallest absolute Gasteiger partial charge is 0.485 e. The van der Waals surface area contributed by atoms with Gasteiger partial charge in [-0.2, -0.15) is 18.3 Å². The van der Waals surface area contributed by atoms with E-state index >= 15 is 0 Å². The van der Waals surface area contributed by atoms with Gasteiger partial charge >= 0.3 is 5.51 Å². The van der Waals surface area contributed by atoms with Gasteiger partial charge in [-0.3, -0.25) is 0 Å². The van der Waals surface area contributed by atoms with E-state index < -0.39 is 25.6 Å². The third kappa shape index (κ3) is 9.88. The van der Waals surface area contributed by atoms with Crippen LogP contribution in [0.25, 0.3) is 0 Å². The lowest BCUT2D eigenvalue weighted by molar-refractivity contribution is -0.677. The van der Waals surface area contributed by atoms with Crippen molar-refractivity contribution in [3.05, 3.63) is 53.9 Å². The lowest BCUT2D eigenvalue weighted by Gasteiger charge is -2.08. The van der Waals surface area contributed by atoms with E-state index in [9.17, 15) is 26.0 Å². The van der Waals surface area contributed by atoms with Crippen LogP contribution in [0.1, 0.15) is 31.2 Å². The Hall–Kier alpha value is -2.52. The number of nitrogens with zero attached hydrogens (tertiary/aromatic N) is 3. The van der Waals surface area contributed by atoms with Gasteiger partial charge in [0.25, 0.3) is 5.82 Å². The van der Waals surface area contributed by atoms with Crippen LogP contribution < -0.4 is 9.40 Å². The van der Waals surface area contributed by atoms with Crippen molar-refractivity contribution in [3.8, 4) is 0 Å². The average molecular weight is 517 g/mol. The number of aromatic nitrogens is 2. The van der Waals surface area contributed by atoms with Crippen molar-refractivity contribution in [1.29, 1.82) is 0 Å². The number of rotatable bonds is 8. The van der Waals surface area contributed by atoms with Crippen LogP contribution in [0.2, 0.25) is 0 Å². The third-order valence-corrected chi connectivity index (χ3v) is 6.12. The molecular weight excluding hydrogens is 492 g/mol. The van der Waals surface area contributed by atoms with Crippen LogP contribution >= 0.6 is 0 Å². The van der Waals surface area contributed by atoms with Gasteiger partial charge in [0.15, 0.2) is 10.1 Å². The first-order valence-corrected chi connectivity index (χ1v) is 12.4. The number of unbranched alkanes of at least 4 members (excludes halogenated alkanes) is 1. The second-order valence-corrected chi connectivity index (χ2v) is 10.1. The number of nitrogens with one attached hydrogen (secondary N) is 1. The summed E-state index contributed by atoms with van der Waals surface area (Å²) < 4.78 is 99.9. The molecule has 1 heterocycles. The standard InChI is InChI=1S/C17H24FN4O2S.CHF3O3S/c1-14(16-6-8-17(18)9-7-16)19-20-25(23,24)13-5-4-10-22-12-11-21(3)15(22)2;2-1(3,4)8(5,6)7/h6-9,11-12,20H,4-5,10,13H2,1-3H3;(H,5,6,7)/q+1;/p-1/b19-14-;.